The van der Waals surface area contributed by atoms with Crippen molar-refractivity contribution in [1.82, 2.24) is 5.32 Å². The van der Waals surface area contributed by atoms with Gasteiger partial charge in [-0.15, -0.1) is 0 Å². The van der Waals surface area contributed by atoms with Gasteiger partial charge in [-0.1, -0.05) is 25.1 Å². The molecule has 4 nitrogen and oxygen atoms in total. The Bertz CT molecular complexity index is 471. The Morgan fingerprint density at radius 1 is 1.42 bits per heavy atom. The van der Waals surface area contributed by atoms with Gasteiger partial charge < -0.3 is 15.3 Å². The number of aliphatic hydroxyl groups is 1. The number of aryl methyl sites for hydroxylation is 1. The van der Waals surface area contributed by atoms with E-state index in [1.807, 2.05) is 36.9 Å². The van der Waals surface area contributed by atoms with E-state index in [9.17, 15) is 9.90 Å². The number of aliphatic hydroxyl groups excluding tert-OH is 1. The van der Waals surface area contributed by atoms with Crippen LogP contribution in [0.1, 0.15) is 26.3 Å². The number of nitrogens with zero attached hydrogens (tertiary/aromatic N) is 1. The highest BCUT2D eigenvalue weighted by Gasteiger charge is 2.38. The Kier molecular flexibility index (Phi) is 3.80. The molecule has 19 heavy (non-hydrogen) atoms. The van der Waals surface area contributed by atoms with Crippen LogP contribution >= 0.6 is 0 Å². The second-order valence-electron chi connectivity index (χ2n) is 5.68. The molecule has 1 aliphatic rings. The van der Waals surface area contributed by atoms with E-state index in [0.717, 1.165) is 12.1 Å². The molecule has 1 saturated heterocycles. The Labute approximate surface area is 114 Å². The lowest BCUT2D eigenvalue weighted by Crippen LogP contribution is -2.66. The van der Waals surface area contributed by atoms with Crippen molar-refractivity contribution in [3.8, 4) is 0 Å². The molecule has 1 aromatic rings. The van der Waals surface area contributed by atoms with Crippen molar-refractivity contribution in [2.24, 2.45) is 0 Å². The summed E-state index contributed by atoms with van der Waals surface area (Å²) in [5.41, 5.74) is 1.96. The van der Waals surface area contributed by atoms with Crippen molar-refractivity contribution in [3.63, 3.8) is 0 Å². The van der Waals surface area contributed by atoms with Crippen LogP contribution in [0.4, 0.5) is 5.69 Å². The van der Waals surface area contributed by atoms with Crippen LogP contribution in [0.25, 0.3) is 0 Å². The van der Waals surface area contributed by atoms with Gasteiger partial charge in [0.2, 0.25) is 5.91 Å². The molecule has 104 valence electrons. The van der Waals surface area contributed by atoms with Crippen LogP contribution in [0.2, 0.25) is 0 Å². The van der Waals surface area contributed by atoms with Crippen LogP contribution in [0, 0.1) is 0 Å². The Hall–Kier alpha value is -1.55. The third kappa shape index (κ3) is 2.73. The van der Waals surface area contributed by atoms with Crippen LogP contribution < -0.4 is 10.2 Å². The van der Waals surface area contributed by atoms with E-state index in [4.69, 9.17) is 0 Å². The van der Waals surface area contributed by atoms with Crippen molar-refractivity contribution in [1.29, 1.82) is 0 Å². The predicted molar refractivity (Wildman–Crippen MR) is 76.3 cm³/mol. The number of anilines is 1. The summed E-state index contributed by atoms with van der Waals surface area (Å²) in [6.07, 6.45) is 0.910. The molecule has 1 unspecified atom stereocenters. The molecule has 2 N–H and O–H groups in total. The summed E-state index contributed by atoms with van der Waals surface area (Å²) in [6, 6.07) is 7.58. The van der Waals surface area contributed by atoms with Gasteiger partial charge in [-0.05, 0) is 31.9 Å². The molecular formula is C15H22N2O2. The molecule has 1 amide bonds. The third-order valence-electron chi connectivity index (χ3n) is 3.56. The van der Waals surface area contributed by atoms with Crippen LogP contribution in [-0.2, 0) is 11.2 Å². The lowest BCUT2D eigenvalue weighted by atomic mass is 9.96. The highest BCUT2D eigenvalue weighted by Crippen LogP contribution is 2.27. The molecule has 1 fully saturated rings. The lowest BCUT2D eigenvalue weighted by Gasteiger charge is -2.44. The molecule has 0 saturated carbocycles. The second kappa shape index (κ2) is 5.21. The molecule has 1 heterocycles. The number of carbonyl (C=O) groups is 1. The first-order valence-corrected chi connectivity index (χ1v) is 6.76. The van der Waals surface area contributed by atoms with Crippen molar-refractivity contribution in [3.05, 3.63) is 29.8 Å². The smallest absolute Gasteiger partial charge is 0.245 e. The first-order valence-electron chi connectivity index (χ1n) is 6.76. The minimum absolute atomic E-state index is 0.107. The first kappa shape index (κ1) is 13.9. The van der Waals surface area contributed by atoms with Gasteiger partial charge in [0.25, 0.3) is 0 Å². The fourth-order valence-corrected chi connectivity index (χ4v) is 2.66. The van der Waals surface area contributed by atoms with Gasteiger partial charge in [-0.25, -0.2) is 0 Å². The van der Waals surface area contributed by atoms with Crippen molar-refractivity contribution in [2.45, 2.75) is 38.8 Å². The second-order valence-corrected chi connectivity index (χ2v) is 5.68. The minimum atomic E-state index is -0.499. The van der Waals surface area contributed by atoms with E-state index in [-0.39, 0.29) is 18.1 Å². The molecule has 1 atom stereocenters. The normalized spacial score (nSPS) is 22.2. The number of carbonyl (C=O) groups excluding carboxylic acids is 1. The maximum Gasteiger partial charge on any atom is 0.245 e. The summed E-state index contributed by atoms with van der Waals surface area (Å²) in [4.78, 5) is 14.1. The average molecular weight is 262 g/mol. The monoisotopic (exact) mass is 262 g/mol. The van der Waals surface area contributed by atoms with Crippen LogP contribution in [-0.4, -0.2) is 35.7 Å². The third-order valence-corrected chi connectivity index (χ3v) is 3.56. The SMILES string of the molecule is CCc1ccccc1N1CC(C)(C)NC(=O)C1CO. The Morgan fingerprint density at radius 2 is 2.11 bits per heavy atom. The minimum Gasteiger partial charge on any atom is -0.394 e. The largest absolute Gasteiger partial charge is 0.394 e. The number of nitrogens with one attached hydrogen (secondary N) is 1. The molecule has 1 aromatic carbocycles. The van der Waals surface area contributed by atoms with E-state index in [2.05, 4.69) is 18.3 Å². The molecule has 0 spiro atoms. The number of piperazine rings is 1. The number of amides is 1. The van der Waals surface area contributed by atoms with Gasteiger partial charge in [-0.3, -0.25) is 4.79 Å². The first-order chi connectivity index (χ1) is 8.98. The van der Waals surface area contributed by atoms with Gasteiger partial charge in [-0.2, -0.15) is 0 Å². The number of rotatable bonds is 3. The van der Waals surface area contributed by atoms with Crippen LogP contribution in [0.15, 0.2) is 24.3 Å². The van der Waals surface area contributed by atoms with E-state index in [1.54, 1.807) is 0 Å². The number of benzene rings is 1. The highest BCUT2D eigenvalue weighted by atomic mass is 16.3. The topological polar surface area (TPSA) is 52.6 Å². The molecule has 0 aliphatic carbocycles. The highest BCUT2D eigenvalue weighted by molar-refractivity contribution is 5.88. The van der Waals surface area contributed by atoms with E-state index in [0.29, 0.717) is 6.54 Å². The summed E-state index contributed by atoms with van der Waals surface area (Å²) in [7, 11) is 0. The molecule has 4 heteroatoms. The van der Waals surface area contributed by atoms with Gasteiger partial charge >= 0.3 is 0 Å². The average Bonchev–Trinajstić information content (AvgIpc) is 2.37. The van der Waals surface area contributed by atoms with Crippen molar-refractivity contribution < 1.29 is 9.90 Å². The summed E-state index contributed by atoms with van der Waals surface area (Å²) >= 11 is 0. The van der Waals surface area contributed by atoms with Crippen LogP contribution in [0.5, 0.6) is 0 Å². The molecule has 0 aromatic heterocycles. The number of para-hydroxylation sites is 1. The van der Waals surface area contributed by atoms with E-state index < -0.39 is 6.04 Å². The molecular weight excluding hydrogens is 240 g/mol. The molecule has 2 rings (SSSR count). The summed E-state index contributed by atoms with van der Waals surface area (Å²) < 4.78 is 0. The zero-order chi connectivity index (χ0) is 14.0. The molecule has 0 bridgehead atoms. The standard InChI is InChI=1S/C15H22N2O2/c1-4-11-7-5-6-8-12(11)17-10-15(2,3)16-14(19)13(17)9-18/h5-8,13,18H,4,9-10H2,1-3H3,(H,16,19). The van der Waals surface area contributed by atoms with Crippen molar-refractivity contribution in [2.75, 3.05) is 18.1 Å². The predicted octanol–water partition coefficient (Wildman–Crippen LogP) is 1.32. The summed E-state index contributed by atoms with van der Waals surface area (Å²) in [5.74, 6) is -0.107. The molecule has 0 radical (unpaired) electrons. The van der Waals surface area contributed by atoms with E-state index in [1.165, 1.54) is 5.56 Å². The zero-order valence-electron chi connectivity index (χ0n) is 11.8. The Morgan fingerprint density at radius 3 is 2.74 bits per heavy atom. The van der Waals surface area contributed by atoms with Gasteiger partial charge in [0.15, 0.2) is 0 Å². The fraction of sp³-hybridized carbons (Fsp3) is 0.533. The lowest BCUT2D eigenvalue weighted by molar-refractivity contribution is -0.126. The van der Waals surface area contributed by atoms with Gasteiger partial charge in [0.05, 0.1) is 12.1 Å². The zero-order valence-corrected chi connectivity index (χ0v) is 11.8. The maximum atomic E-state index is 12.1. The number of hydrogen-bond donors (Lipinski definition) is 2. The van der Waals surface area contributed by atoms with Crippen LogP contribution in [0.3, 0.4) is 0 Å². The summed E-state index contributed by atoms with van der Waals surface area (Å²) in [6.45, 7) is 6.63. The Balaban J connectivity index is 2.41. The maximum absolute atomic E-state index is 12.1. The number of hydrogen-bond acceptors (Lipinski definition) is 3. The van der Waals surface area contributed by atoms with Crippen molar-refractivity contribution >= 4 is 11.6 Å². The van der Waals surface area contributed by atoms with Gasteiger partial charge in [0, 0.05) is 12.2 Å². The summed E-state index contributed by atoms with van der Waals surface area (Å²) in [5, 5.41) is 12.5. The van der Waals surface area contributed by atoms with Gasteiger partial charge in [0.1, 0.15) is 6.04 Å². The quantitative estimate of drug-likeness (QED) is 0.864. The van der Waals surface area contributed by atoms with E-state index >= 15 is 0 Å². The fourth-order valence-electron chi connectivity index (χ4n) is 2.66. The molecule has 1 aliphatic heterocycles.